The number of rotatable bonds is 19. The number of benzene rings is 1. The van der Waals surface area contributed by atoms with Crippen LogP contribution in [0.25, 0.3) is 0 Å². The minimum absolute atomic E-state index is 0.586. The molecule has 1 aromatic rings. The van der Waals surface area contributed by atoms with Gasteiger partial charge in [-0.25, -0.2) is 0 Å². The van der Waals surface area contributed by atoms with E-state index in [1.807, 2.05) is 30.3 Å². The zero-order valence-corrected chi connectivity index (χ0v) is 19.5. The van der Waals surface area contributed by atoms with Crippen molar-refractivity contribution >= 4 is 13.2 Å². The Hall–Kier alpha value is -0.470. The van der Waals surface area contributed by atoms with Crippen LogP contribution in [0.3, 0.4) is 0 Å². The molecule has 0 spiro atoms. The van der Waals surface area contributed by atoms with E-state index in [0.717, 1.165) is 18.1 Å². The van der Waals surface area contributed by atoms with Crippen LogP contribution in [-0.4, -0.2) is 18.1 Å². The van der Waals surface area contributed by atoms with Gasteiger partial charge in [-0.3, -0.25) is 0 Å². The van der Waals surface area contributed by atoms with Crippen molar-refractivity contribution in [2.45, 2.75) is 104 Å². The van der Waals surface area contributed by atoms with Gasteiger partial charge in [0.1, 0.15) is 0 Å². The molecule has 0 radical (unpaired) electrons. The van der Waals surface area contributed by atoms with Gasteiger partial charge in [-0.15, -0.1) is 0 Å². The zero-order valence-electron chi connectivity index (χ0n) is 18.5. The van der Waals surface area contributed by atoms with Crippen molar-refractivity contribution < 1.29 is 13.9 Å². The molecular formula is C24H45O3P. The molecule has 0 saturated heterocycles. The van der Waals surface area contributed by atoms with Crippen molar-refractivity contribution in [3.63, 3.8) is 0 Å². The molecule has 0 saturated carbocycles. The fraction of sp³-hybridized carbons (Fsp3) is 0.750. The van der Waals surface area contributed by atoms with E-state index in [9.17, 15) is 4.89 Å². The van der Waals surface area contributed by atoms with E-state index in [-0.39, 0.29) is 0 Å². The summed E-state index contributed by atoms with van der Waals surface area (Å²) in [6, 6.07) is 9.72. The van der Waals surface area contributed by atoms with Gasteiger partial charge in [0.05, 0.1) is 0 Å². The molecule has 0 unspecified atom stereocenters. The summed E-state index contributed by atoms with van der Waals surface area (Å²) in [6.07, 6.45) is 17.4. The van der Waals surface area contributed by atoms with Gasteiger partial charge in [-0.2, -0.15) is 0 Å². The summed E-state index contributed by atoms with van der Waals surface area (Å²) >= 11 is 0. The van der Waals surface area contributed by atoms with Gasteiger partial charge >= 0.3 is 174 Å². The van der Waals surface area contributed by atoms with Gasteiger partial charge in [-0.05, 0) is 0 Å². The van der Waals surface area contributed by atoms with E-state index >= 15 is 0 Å². The summed E-state index contributed by atoms with van der Waals surface area (Å²) < 4.78 is 12.0. The molecule has 0 aliphatic heterocycles. The second kappa shape index (κ2) is 17.4. The predicted molar refractivity (Wildman–Crippen MR) is 124 cm³/mol. The molecule has 0 atom stereocenters. The molecule has 0 aliphatic carbocycles. The second-order valence-corrected chi connectivity index (χ2v) is 10.2. The molecule has 0 fully saturated rings. The molecule has 3 nitrogen and oxygen atoms in total. The Bertz CT molecular complexity index is 432. The van der Waals surface area contributed by atoms with Crippen LogP contribution in [-0.2, 0) is 9.05 Å². The topological polar surface area (TPSA) is 38.7 Å². The molecule has 0 amide bonds. The summed E-state index contributed by atoms with van der Waals surface area (Å²) in [6.45, 7) is 5.66. The molecule has 0 bridgehead atoms. The normalized spacial score (nSPS) is 12.4. The molecule has 164 valence electrons. The second-order valence-electron chi connectivity index (χ2n) is 7.89. The first-order chi connectivity index (χ1) is 13.7. The van der Waals surface area contributed by atoms with Crippen molar-refractivity contribution in [1.82, 2.24) is 0 Å². The van der Waals surface area contributed by atoms with E-state index in [4.69, 9.17) is 9.05 Å². The Morgan fingerprint density at radius 2 is 1.00 bits per heavy atom. The number of hydrogen-bond donors (Lipinski definition) is 1. The predicted octanol–water partition coefficient (Wildman–Crippen LogP) is 7.33. The first-order valence-corrected chi connectivity index (χ1v) is 13.5. The third-order valence-electron chi connectivity index (χ3n) is 5.23. The van der Waals surface area contributed by atoms with Crippen LogP contribution in [0, 0.1) is 0 Å². The maximum absolute atomic E-state index is 11.1. The van der Waals surface area contributed by atoms with Crippen LogP contribution < -0.4 is 5.30 Å². The fourth-order valence-corrected chi connectivity index (χ4v) is 5.27. The molecule has 28 heavy (non-hydrogen) atoms. The van der Waals surface area contributed by atoms with Gasteiger partial charge in [0, 0.05) is 0 Å². The first-order valence-electron chi connectivity index (χ1n) is 11.8. The standard InChI is InChI=1S/C24H45O3P/c1-3-5-7-9-11-13-18-22-26-28(25,24-20-16-15-17-21-24)27-23-19-14-12-10-8-6-4-2/h15-17,20-21,25,28H,3-14,18-19,22-23H2,1-2H3. The molecular weight excluding hydrogens is 367 g/mol. The van der Waals surface area contributed by atoms with E-state index in [1.165, 1.54) is 77.0 Å². The Morgan fingerprint density at radius 1 is 0.607 bits per heavy atom. The number of unbranched alkanes of at least 4 members (excludes halogenated alkanes) is 12. The summed E-state index contributed by atoms with van der Waals surface area (Å²) in [4.78, 5) is 11.1. The van der Waals surface area contributed by atoms with Crippen molar-refractivity contribution in [3.05, 3.63) is 30.3 Å². The SMILES string of the molecule is CCCCCCCCCO[PH](O)(OCCCCCCCCC)c1ccccc1. The van der Waals surface area contributed by atoms with Crippen molar-refractivity contribution in [2.75, 3.05) is 13.2 Å². The quantitative estimate of drug-likeness (QED) is 0.191. The van der Waals surface area contributed by atoms with E-state index in [1.54, 1.807) is 0 Å². The molecule has 1 aromatic carbocycles. The number of hydrogen-bond acceptors (Lipinski definition) is 3. The van der Waals surface area contributed by atoms with Crippen LogP contribution in [0.1, 0.15) is 104 Å². The van der Waals surface area contributed by atoms with E-state index in [0.29, 0.717) is 13.2 Å². The summed E-state index contributed by atoms with van der Waals surface area (Å²) in [7, 11) is -3.29. The van der Waals surface area contributed by atoms with Crippen LogP contribution in [0.5, 0.6) is 0 Å². The van der Waals surface area contributed by atoms with Crippen LogP contribution >= 0.6 is 7.94 Å². The maximum atomic E-state index is 11.1. The van der Waals surface area contributed by atoms with Gasteiger partial charge in [0.25, 0.3) is 0 Å². The summed E-state index contributed by atoms with van der Waals surface area (Å²) in [5.41, 5.74) is 0. The van der Waals surface area contributed by atoms with E-state index < -0.39 is 7.94 Å². The van der Waals surface area contributed by atoms with Gasteiger partial charge in [0.2, 0.25) is 0 Å². The minimum atomic E-state index is -3.29. The molecule has 0 aromatic heterocycles. The van der Waals surface area contributed by atoms with Crippen LogP contribution in [0.2, 0.25) is 0 Å². The fourth-order valence-electron chi connectivity index (χ4n) is 3.40. The van der Waals surface area contributed by atoms with Crippen LogP contribution in [0.15, 0.2) is 30.3 Å². The summed E-state index contributed by atoms with van der Waals surface area (Å²) in [5.74, 6) is 0. The third kappa shape index (κ3) is 12.2. The van der Waals surface area contributed by atoms with Gasteiger partial charge < -0.3 is 0 Å². The Labute approximate surface area is 174 Å². The molecule has 1 rings (SSSR count). The van der Waals surface area contributed by atoms with Crippen molar-refractivity contribution in [2.24, 2.45) is 0 Å². The average molecular weight is 413 g/mol. The van der Waals surface area contributed by atoms with Crippen molar-refractivity contribution in [1.29, 1.82) is 0 Å². The first kappa shape index (κ1) is 25.6. The zero-order chi connectivity index (χ0) is 20.3. The Morgan fingerprint density at radius 3 is 1.43 bits per heavy atom. The van der Waals surface area contributed by atoms with Gasteiger partial charge in [0.15, 0.2) is 0 Å². The summed E-state index contributed by atoms with van der Waals surface area (Å²) in [5, 5.41) is 0.820. The monoisotopic (exact) mass is 412 g/mol. The Balaban J connectivity index is 2.30. The van der Waals surface area contributed by atoms with E-state index in [2.05, 4.69) is 13.8 Å². The molecule has 4 heteroatoms. The van der Waals surface area contributed by atoms with Gasteiger partial charge in [-0.1, -0.05) is 0 Å². The Kier molecular flexibility index (Phi) is 15.9. The van der Waals surface area contributed by atoms with Crippen LogP contribution in [0.4, 0.5) is 0 Å². The van der Waals surface area contributed by atoms with Crippen molar-refractivity contribution in [3.8, 4) is 0 Å². The molecule has 0 heterocycles. The molecule has 1 N–H and O–H groups in total. The third-order valence-corrected chi connectivity index (χ3v) is 7.48. The average Bonchev–Trinajstić information content (AvgIpc) is 2.72. The molecule has 0 aliphatic rings.